The van der Waals surface area contributed by atoms with Crippen LogP contribution in [0.1, 0.15) is 60.9 Å². The molecule has 35 heavy (non-hydrogen) atoms. The summed E-state index contributed by atoms with van der Waals surface area (Å²) in [5.74, 6) is -0.492. The first-order chi connectivity index (χ1) is 16.6. The first-order valence-corrected chi connectivity index (χ1v) is 12.0. The van der Waals surface area contributed by atoms with Gasteiger partial charge in [0, 0.05) is 37.7 Å². The van der Waals surface area contributed by atoms with Crippen molar-refractivity contribution in [1.29, 1.82) is 0 Å². The van der Waals surface area contributed by atoms with Crippen molar-refractivity contribution in [3.8, 4) is 5.75 Å². The Morgan fingerprint density at radius 1 is 1.09 bits per heavy atom. The fraction of sp³-hybridized carbons (Fsp3) is 0.625. The standard InChI is InChI=1S/C24H28F3N3O5/c25-24(26,27)23(34)8-10-29(11-9-23)17-2-1-3-19(17)35-15-4-5-16-14(12-15)13-30(22(16)33)18-6-7-20(31)28-21(18)32/h4-5,12,17-19,34H,1-3,6-11,13H2,(H,28,31,32)/t17-,18?,19+/m1/s1. The molecule has 2 saturated heterocycles. The van der Waals surface area contributed by atoms with Gasteiger partial charge in [0.15, 0.2) is 5.60 Å². The third-order valence-electron chi connectivity index (χ3n) is 7.82. The molecule has 3 aliphatic heterocycles. The van der Waals surface area contributed by atoms with E-state index in [-0.39, 0.29) is 69.3 Å². The SMILES string of the molecule is O=C1CCC(N2Cc3cc(O[C@H]4CCC[C@H]4N4CCC(O)(C(F)(F)F)CC4)ccc3C2=O)C(=O)N1. The maximum atomic E-state index is 13.2. The lowest BCUT2D eigenvalue weighted by Gasteiger charge is -2.42. The number of benzene rings is 1. The predicted octanol–water partition coefficient (Wildman–Crippen LogP) is 2.14. The molecule has 11 heteroatoms. The fourth-order valence-corrected chi connectivity index (χ4v) is 5.77. The van der Waals surface area contributed by atoms with Gasteiger partial charge < -0.3 is 14.7 Å². The van der Waals surface area contributed by atoms with Gasteiger partial charge in [-0.25, -0.2) is 0 Å². The van der Waals surface area contributed by atoms with Crippen molar-refractivity contribution in [3.05, 3.63) is 29.3 Å². The number of hydrogen-bond acceptors (Lipinski definition) is 6. The van der Waals surface area contributed by atoms with Crippen LogP contribution in [0.4, 0.5) is 13.2 Å². The molecule has 3 atom stereocenters. The number of ether oxygens (including phenoxy) is 1. The Kier molecular flexibility index (Phi) is 6.03. The Morgan fingerprint density at radius 3 is 2.51 bits per heavy atom. The van der Waals surface area contributed by atoms with E-state index in [1.807, 2.05) is 4.90 Å². The third kappa shape index (κ3) is 4.40. The van der Waals surface area contributed by atoms with Gasteiger partial charge in [-0.2, -0.15) is 13.2 Å². The summed E-state index contributed by atoms with van der Waals surface area (Å²) in [6, 6.07) is 4.44. The molecule has 3 amide bonds. The number of rotatable bonds is 4. The molecule has 2 N–H and O–H groups in total. The van der Waals surface area contributed by atoms with E-state index >= 15 is 0 Å². The molecule has 190 valence electrons. The predicted molar refractivity (Wildman–Crippen MR) is 116 cm³/mol. The average molecular weight is 495 g/mol. The monoisotopic (exact) mass is 495 g/mol. The number of nitrogens with zero attached hydrogens (tertiary/aromatic N) is 2. The number of nitrogens with one attached hydrogen (secondary N) is 1. The summed E-state index contributed by atoms with van der Waals surface area (Å²) in [6.07, 6.45) is -2.59. The van der Waals surface area contributed by atoms with Crippen molar-refractivity contribution in [1.82, 2.24) is 15.1 Å². The minimum absolute atomic E-state index is 0.0392. The molecule has 5 rings (SSSR count). The van der Waals surface area contributed by atoms with Gasteiger partial charge in [0.1, 0.15) is 17.9 Å². The number of likely N-dealkylation sites (tertiary alicyclic amines) is 1. The molecule has 1 unspecified atom stereocenters. The average Bonchev–Trinajstić information content (AvgIpc) is 3.38. The smallest absolute Gasteiger partial charge is 0.417 e. The normalized spacial score (nSPS) is 29.3. The molecule has 0 aromatic heterocycles. The van der Waals surface area contributed by atoms with Gasteiger partial charge in [0.05, 0.1) is 0 Å². The van der Waals surface area contributed by atoms with E-state index in [2.05, 4.69) is 5.32 Å². The van der Waals surface area contributed by atoms with Crippen LogP contribution >= 0.6 is 0 Å². The Balaban J connectivity index is 1.24. The van der Waals surface area contributed by atoms with E-state index in [0.717, 1.165) is 24.8 Å². The summed E-state index contributed by atoms with van der Waals surface area (Å²) in [5, 5.41) is 12.3. The molecular formula is C24H28F3N3O5. The molecule has 0 bridgehead atoms. The Morgan fingerprint density at radius 2 is 1.83 bits per heavy atom. The van der Waals surface area contributed by atoms with Crippen LogP contribution in [-0.2, 0) is 16.1 Å². The summed E-state index contributed by atoms with van der Waals surface area (Å²) in [6.45, 7) is 0.550. The molecule has 8 nitrogen and oxygen atoms in total. The quantitative estimate of drug-likeness (QED) is 0.621. The maximum Gasteiger partial charge on any atom is 0.417 e. The molecule has 4 aliphatic rings. The van der Waals surface area contributed by atoms with Crippen LogP contribution in [0.5, 0.6) is 5.75 Å². The van der Waals surface area contributed by atoms with Crippen molar-refractivity contribution >= 4 is 17.7 Å². The van der Waals surface area contributed by atoms with Gasteiger partial charge in [-0.05, 0) is 62.3 Å². The lowest BCUT2D eigenvalue weighted by Crippen LogP contribution is -2.56. The first-order valence-electron chi connectivity index (χ1n) is 12.0. The van der Waals surface area contributed by atoms with Gasteiger partial charge in [-0.15, -0.1) is 0 Å². The number of halogens is 3. The highest BCUT2D eigenvalue weighted by atomic mass is 19.4. The van der Waals surface area contributed by atoms with E-state index in [9.17, 15) is 32.7 Å². The molecular weight excluding hydrogens is 467 g/mol. The van der Waals surface area contributed by atoms with Gasteiger partial charge in [-0.3, -0.25) is 24.6 Å². The Labute approximate surface area is 200 Å². The topological polar surface area (TPSA) is 99.2 Å². The zero-order chi connectivity index (χ0) is 25.0. The van der Waals surface area contributed by atoms with Crippen LogP contribution in [0.3, 0.4) is 0 Å². The van der Waals surface area contributed by atoms with E-state index in [1.54, 1.807) is 18.2 Å². The van der Waals surface area contributed by atoms with Crippen LogP contribution < -0.4 is 10.1 Å². The van der Waals surface area contributed by atoms with E-state index in [1.165, 1.54) is 4.90 Å². The van der Waals surface area contributed by atoms with Crippen molar-refractivity contribution < 1.29 is 37.4 Å². The summed E-state index contributed by atoms with van der Waals surface area (Å²) < 4.78 is 45.7. The largest absolute Gasteiger partial charge is 0.489 e. The minimum atomic E-state index is -4.63. The number of fused-ring (bicyclic) bond motifs is 1. The number of alkyl halides is 3. The highest BCUT2D eigenvalue weighted by Gasteiger charge is 2.55. The van der Waals surface area contributed by atoms with Gasteiger partial charge in [0.2, 0.25) is 11.8 Å². The second-order valence-corrected chi connectivity index (χ2v) is 9.94. The zero-order valence-electron chi connectivity index (χ0n) is 19.1. The van der Waals surface area contributed by atoms with E-state index in [4.69, 9.17) is 4.74 Å². The van der Waals surface area contributed by atoms with Crippen LogP contribution in [-0.4, -0.2) is 75.7 Å². The molecule has 1 aromatic rings. The van der Waals surface area contributed by atoms with Crippen LogP contribution in [0, 0.1) is 0 Å². The lowest BCUT2D eigenvalue weighted by molar-refractivity contribution is -0.274. The van der Waals surface area contributed by atoms with Crippen LogP contribution in [0.25, 0.3) is 0 Å². The first kappa shape index (κ1) is 24.1. The minimum Gasteiger partial charge on any atom is -0.489 e. The molecule has 1 saturated carbocycles. The van der Waals surface area contributed by atoms with Crippen molar-refractivity contribution in [2.24, 2.45) is 0 Å². The highest BCUT2D eigenvalue weighted by Crippen LogP contribution is 2.40. The summed E-state index contributed by atoms with van der Waals surface area (Å²) in [7, 11) is 0. The second-order valence-electron chi connectivity index (χ2n) is 9.94. The zero-order valence-corrected chi connectivity index (χ0v) is 19.1. The van der Waals surface area contributed by atoms with Crippen molar-refractivity contribution in [2.45, 2.75) is 81.5 Å². The highest BCUT2D eigenvalue weighted by molar-refractivity contribution is 6.05. The molecule has 0 radical (unpaired) electrons. The molecule has 3 fully saturated rings. The van der Waals surface area contributed by atoms with Crippen LogP contribution in [0.15, 0.2) is 18.2 Å². The molecule has 0 spiro atoms. The maximum absolute atomic E-state index is 13.2. The van der Waals surface area contributed by atoms with Crippen molar-refractivity contribution in [3.63, 3.8) is 0 Å². The van der Waals surface area contributed by atoms with E-state index < -0.39 is 23.7 Å². The third-order valence-corrected chi connectivity index (χ3v) is 7.82. The number of piperidine rings is 2. The number of carbonyl (C=O) groups is 3. The van der Waals surface area contributed by atoms with Gasteiger partial charge in [0.25, 0.3) is 5.91 Å². The van der Waals surface area contributed by atoms with Gasteiger partial charge >= 0.3 is 6.18 Å². The molecule has 1 aliphatic carbocycles. The number of carbonyl (C=O) groups excluding carboxylic acids is 3. The fourth-order valence-electron chi connectivity index (χ4n) is 5.77. The number of amides is 3. The van der Waals surface area contributed by atoms with Crippen molar-refractivity contribution in [2.75, 3.05) is 13.1 Å². The Bertz CT molecular complexity index is 1040. The summed E-state index contributed by atoms with van der Waals surface area (Å²) >= 11 is 0. The number of imide groups is 1. The summed E-state index contributed by atoms with van der Waals surface area (Å²) in [4.78, 5) is 40.0. The molecule has 3 heterocycles. The van der Waals surface area contributed by atoms with E-state index in [0.29, 0.717) is 11.3 Å². The van der Waals surface area contributed by atoms with Gasteiger partial charge in [-0.1, -0.05) is 0 Å². The second kappa shape index (κ2) is 8.77. The summed E-state index contributed by atoms with van der Waals surface area (Å²) in [5.41, 5.74) is -1.40. The van der Waals surface area contributed by atoms with Crippen LogP contribution in [0.2, 0.25) is 0 Å². The molecule has 1 aromatic carbocycles. The lowest BCUT2D eigenvalue weighted by atomic mass is 9.89. The Hall–Kier alpha value is -2.66. The number of hydrogen-bond donors (Lipinski definition) is 2. The number of aliphatic hydroxyl groups is 1.